The SMILES string of the molecule is CCc1ccc(-c2ccc(S(=O)(=O)n3cccc3)s2)s1.CCc1ccc(-c2ccc(S(=O)(=O)n3cccc3)s2)s1. The molecule has 0 fully saturated rings. The molecule has 6 heterocycles. The van der Waals surface area contributed by atoms with E-state index in [2.05, 4.69) is 38.1 Å². The van der Waals surface area contributed by atoms with Gasteiger partial charge in [-0.05, 0) is 85.6 Å². The number of hydrogen-bond acceptors (Lipinski definition) is 8. The van der Waals surface area contributed by atoms with Gasteiger partial charge in [0.1, 0.15) is 8.42 Å². The highest BCUT2D eigenvalue weighted by atomic mass is 32.3. The molecular formula is C28H26N2O4S6. The molecule has 0 saturated carbocycles. The average Bonchev–Trinajstić information content (AvgIpc) is 3.82. The molecule has 0 unspecified atom stereocenters. The molecule has 0 atom stereocenters. The van der Waals surface area contributed by atoms with E-state index < -0.39 is 20.0 Å². The summed E-state index contributed by atoms with van der Waals surface area (Å²) in [7, 11) is -6.88. The van der Waals surface area contributed by atoms with Crippen LogP contribution < -0.4 is 0 Å². The van der Waals surface area contributed by atoms with Crippen molar-refractivity contribution in [3.63, 3.8) is 0 Å². The van der Waals surface area contributed by atoms with Gasteiger partial charge < -0.3 is 0 Å². The Hall–Kier alpha value is -2.74. The lowest BCUT2D eigenvalue weighted by Gasteiger charge is -2.01. The summed E-state index contributed by atoms with van der Waals surface area (Å²) in [6.45, 7) is 4.23. The van der Waals surface area contributed by atoms with Crippen molar-refractivity contribution in [3.05, 3.63) is 107 Å². The van der Waals surface area contributed by atoms with Crippen LogP contribution in [0, 0.1) is 0 Å². The van der Waals surface area contributed by atoms with E-state index in [9.17, 15) is 16.8 Å². The molecule has 0 aliphatic carbocycles. The van der Waals surface area contributed by atoms with Crippen LogP contribution in [0.4, 0.5) is 0 Å². The molecule has 6 aromatic heterocycles. The summed E-state index contributed by atoms with van der Waals surface area (Å²) < 4.78 is 52.7. The Labute approximate surface area is 250 Å². The van der Waals surface area contributed by atoms with E-state index in [4.69, 9.17) is 0 Å². The molecule has 0 aromatic carbocycles. The van der Waals surface area contributed by atoms with E-state index in [1.54, 1.807) is 83.9 Å². The van der Waals surface area contributed by atoms with Crippen LogP contribution in [-0.2, 0) is 32.9 Å². The Morgan fingerprint density at radius 3 is 1.15 bits per heavy atom. The van der Waals surface area contributed by atoms with Crippen LogP contribution >= 0.6 is 45.3 Å². The van der Waals surface area contributed by atoms with Gasteiger partial charge in [-0.2, -0.15) is 16.8 Å². The van der Waals surface area contributed by atoms with Gasteiger partial charge in [-0.1, -0.05) is 13.8 Å². The second-order valence-corrected chi connectivity index (χ2v) is 17.2. The predicted molar refractivity (Wildman–Crippen MR) is 168 cm³/mol. The summed E-state index contributed by atoms with van der Waals surface area (Å²) in [5.41, 5.74) is 0. The summed E-state index contributed by atoms with van der Waals surface area (Å²) in [4.78, 5) is 6.87. The molecule has 0 saturated heterocycles. The number of thiophene rings is 4. The highest BCUT2D eigenvalue weighted by Gasteiger charge is 2.20. The first kappa shape index (κ1) is 28.8. The van der Waals surface area contributed by atoms with Gasteiger partial charge >= 0.3 is 0 Å². The van der Waals surface area contributed by atoms with Gasteiger partial charge in [0.05, 0.1) is 0 Å². The van der Waals surface area contributed by atoms with Gasteiger partial charge in [-0.3, -0.25) is 0 Å². The molecule has 0 radical (unpaired) electrons. The fourth-order valence-corrected chi connectivity index (χ4v) is 11.0. The predicted octanol–water partition coefficient (Wildman–Crippen LogP) is 8.16. The van der Waals surface area contributed by atoms with Crippen molar-refractivity contribution < 1.29 is 16.8 Å². The molecule has 0 aliphatic rings. The maximum atomic E-state index is 12.4. The monoisotopic (exact) mass is 646 g/mol. The van der Waals surface area contributed by atoms with Gasteiger partial charge in [0.2, 0.25) is 0 Å². The van der Waals surface area contributed by atoms with E-state index in [-0.39, 0.29) is 0 Å². The minimum atomic E-state index is -3.44. The zero-order valence-electron chi connectivity index (χ0n) is 21.6. The fourth-order valence-electron chi connectivity index (χ4n) is 3.75. The Kier molecular flexibility index (Phi) is 8.64. The maximum absolute atomic E-state index is 12.4. The second-order valence-electron chi connectivity index (χ2n) is 8.51. The average molecular weight is 647 g/mol. The zero-order chi connectivity index (χ0) is 28.3. The zero-order valence-corrected chi connectivity index (χ0v) is 26.5. The number of aryl methyl sites for hydroxylation is 2. The van der Waals surface area contributed by atoms with Gasteiger partial charge in [-0.15, -0.1) is 45.3 Å². The summed E-state index contributed by atoms with van der Waals surface area (Å²) in [6.07, 6.45) is 8.21. The van der Waals surface area contributed by atoms with Gasteiger partial charge in [0.15, 0.2) is 0 Å². The van der Waals surface area contributed by atoms with Crippen molar-refractivity contribution >= 4 is 65.4 Å². The number of aromatic nitrogens is 2. The van der Waals surface area contributed by atoms with Gasteiger partial charge in [0, 0.05) is 54.1 Å². The number of rotatable bonds is 8. The van der Waals surface area contributed by atoms with Crippen LogP contribution in [0.2, 0.25) is 0 Å². The van der Waals surface area contributed by atoms with Crippen LogP contribution in [-0.4, -0.2) is 24.8 Å². The summed E-state index contributed by atoms with van der Waals surface area (Å²) in [5, 5.41) is 0. The topological polar surface area (TPSA) is 78.1 Å². The third-order valence-electron chi connectivity index (χ3n) is 5.89. The molecule has 6 rings (SSSR count). The molecule has 0 spiro atoms. The van der Waals surface area contributed by atoms with Crippen molar-refractivity contribution in [1.82, 2.24) is 7.94 Å². The van der Waals surface area contributed by atoms with E-state index in [1.165, 1.54) is 40.4 Å². The third-order valence-corrected chi connectivity index (χ3v) is 15.1. The Morgan fingerprint density at radius 1 is 0.500 bits per heavy atom. The highest BCUT2D eigenvalue weighted by Crippen LogP contribution is 2.37. The Bertz CT molecular complexity index is 1760. The molecule has 0 aliphatic heterocycles. The van der Waals surface area contributed by atoms with Crippen LogP contribution in [0.5, 0.6) is 0 Å². The minimum Gasteiger partial charge on any atom is -0.248 e. The van der Waals surface area contributed by atoms with Crippen LogP contribution in [0.15, 0.2) is 106 Å². The standard InChI is InChI=1S/2C14H13NO2S3/c2*1-2-11-5-6-12(18-11)13-7-8-14(19-13)20(16,17)15-9-3-4-10-15/h2*3-10H,2H2,1H3. The molecule has 208 valence electrons. The highest BCUT2D eigenvalue weighted by molar-refractivity contribution is 7.92. The van der Waals surface area contributed by atoms with Crippen molar-refractivity contribution in [2.24, 2.45) is 0 Å². The molecule has 6 aromatic rings. The number of hydrogen-bond donors (Lipinski definition) is 0. The Morgan fingerprint density at radius 2 is 0.825 bits per heavy atom. The van der Waals surface area contributed by atoms with Crippen molar-refractivity contribution in [2.45, 2.75) is 35.1 Å². The lowest BCUT2D eigenvalue weighted by molar-refractivity contribution is 0.588. The number of nitrogens with zero attached hydrogens (tertiary/aromatic N) is 2. The molecule has 0 N–H and O–H groups in total. The molecule has 6 nitrogen and oxygen atoms in total. The van der Waals surface area contributed by atoms with Crippen molar-refractivity contribution in [2.75, 3.05) is 0 Å². The largest absolute Gasteiger partial charge is 0.277 e. The van der Waals surface area contributed by atoms with Crippen molar-refractivity contribution in [1.29, 1.82) is 0 Å². The molecule has 12 heteroatoms. The lowest BCUT2D eigenvalue weighted by Crippen LogP contribution is -2.08. The minimum absolute atomic E-state index is 0.371. The van der Waals surface area contributed by atoms with Crippen LogP contribution in [0.25, 0.3) is 19.5 Å². The van der Waals surface area contributed by atoms with E-state index in [0.717, 1.165) is 32.4 Å². The lowest BCUT2D eigenvalue weighted by atomic mass is 10.3. The molecule has 0 amide bonds. The fraction of sp³-hybridized carbons (Fsp3) is 0.143. The van der Waals surface area contributed by atoms with Gasteiger partial charge in [-0.25, -0.2) is 7.94 Å². The quantitative estimate of drug-likeness (QED) is 0.167. The van der Waals surface area contributed by atoms with E-state index in [1.807, 2.05) is 12.1 Å². The molecular weight excluding hydrogens is 621 g/mol. The van der Waals surface area contributed by atoms with Gasteiger partial charge in [0.25, 0.3) is 20.0 Å². The maximum Gasteiger partial charge on any atom is 0.277 e. The smallest absolute Gasteiger partial charge is 0.248 e. The van der Waals surface area contributed by atoms with Crippen molar-refractivity contribution in [3.8, 4) is 19.5 Å². The van der Waals surface area contributed by atoms with Crippen LogP contribution in [0.3, 0.4) is 0 Å². The molecule has 0 bridgehead atoms. The second kappa shape index (κ2) is 12.0. The first-order chi connectivity index (χ1) is 19.2. The summed E-state index contributed by atoms with van der Waals surface area (Å²) in [6, 6.07) is 22.3. The Balaban J connectivity index is 0.000000161. The molecule has 40 heavy (non-hydrogen) atoms. The third kappa shape index (κ3) is 5.97. The van der Waals surface area contributed by atoms with Crippen LogP contribution in [0.1, 0.15) is 23.6 Å². The summed E-state index contributed by atoms with van der Waals surface area (Å²) >= 11 is 6.07. The first-order valence-electron chi connectivity index (χ1n) is 12.4. The summed E-state index contributed by atoms with van der Waals surface area (Å²) in [5.74, 6) is 0. The van der Waals surface area contributed by atoms with E-state index in [0.29, 0.717) is 8.42 Å². The normalized spacial score (nSPS) is 11.8. The first-order valence-corrected chi connectivity index (χ1v) is 18.5. The van der Waals surface area contributed by atoms with E-state index >= 15 is 0 Å².